The maximum Gasteiger partial charge on any atom is 0.324 e. The summed E-state index contributed by atoms with van der Waals surface area (Å²) in [5, 5.41) is 22.9. The molecule has 13 heteroatoms. The lowest BCUT2D eigenvalue weighted by Gasteiger charge is -2.17. The van der Waals surface area contributed by atoms with Crippen molar-refractivity contribution < 1.29 is 19.4 Å². The first-order chi connectivity index (χ1) is 20.9. The lowest BCUT2D eigenvalue weighted by atomic mass is 9.92. The van der Waals surface area contributed by atoms with Crippen molar-refractivity contribution >= 4 is 52.6 Å². The van der Waals surface area contributed by atoms with Gasteiger partial charge < -0.3 is 20.1 Å². The fourth-order valence-electron chi connectivity index (χ4n) is 4.58. The number of carbonyl (C=O) groups is 2. The standard InChI is InChI=1S/C31H33Cl2N7O4/c1-18-12-14-39(17-18)30(43)36-25-15-21(11-13-34-25)44-23-10-9-22(27(32)28(23)33)35-29(42)37-26-16-24(31(2,3)4)38-40(26)19-5-7-20(41)8-6-19/h5-11,13,15-16,18,41H,12,14,17H2,1-4H3,(H,34,36,43)(H2,35,37,42)/t18-/m1/s1. The first-order valence-electron chi connectivity index (χ1n) is 14.0. The zero-order valence-corrected chi connectivity index (χ0v) is 26.2. The van der Waals surface area contributed by atoms with Crippen LogP contribution in [0.25, 0.3) is 5.69 Å². The van der Waals surface area contributed by atoms with Gasteiger partial charge >= 0.3 is 12.1 Å². The van der Waals surface area contributed by atoms with Gasteiger partial charge in [-0.25, -0.2) is 19.3 Å². The Kier molecular flexibility index (Phi) is 8.89. The highest BCUT2D eigenvalue weighted by molar-refractivity contribution is 6.45. The van der Waals surface area contributed by atoms with Gasteiger partial charge in [0.1, 0.15) is 33.9 Å². The number of phenolic OH excluding ortho intramolecular Hbond substituents is 1. The molecule has 11 nitrogen and oxygen atoms in total. The van der Waals surface area contributed by atoms with E-state index in [0.29, 0.717) is 42.1 Å². The number of anilines is 3. The number of hydrogen-bond donors (Lipinski definition) is 4. The average Bonchev–Trinajstić information content (AvgIpc) is 3.60. The van der Waals surface area contributed by atoms with Crippen LogP contribution < -0.4 is 20.7 Å². The lowest BCUT2D eigenvalue weighted by molar-refractivity contribution is 0.221. The molecule has 1 saturated heterocycles. The van der Waals surface area contributed by atoms with E-state index in [1.165, 1.54) is 6.20 Å². The fourth-order valence-corrected chi connectivity index (χ4v) is 4.99. The molecule has 0 spiro atoms. The SMILES string of the molecule is C[C@@H]1CCN(C(=O)Nc2cc(Oc3ccc(NC(=O)Nc4cc(C(C)(C)C)nn4-c4ccc(O)cc4)c(Cl)c3Cl)ccn2)C1. The van der Waals surface area contributed by atoms with Gasteiger partial charge in [-0.15, -0.1) is 0 Å². The Hall–Kier alpha value is -4.48. The molecule has 1 fully saturated rings. The van der Waals surface area contributed by atoms with Crippen LogP contribution in [0.1, 0.15) is 39.8 Å². The first kappa shape index (κ1) is 31.0. The van der Waals surface area contributed by atoms with E-state index in [2.05, 4.69) is 33.0 Å². The second-order valence-corrected chi connectivity index (χ2v) is 12.4. The number of likely N-dealkylation sites (tertiary alicyclic amines) is 1. The van der Waals surface area contributed by atoms with E-state index in [1.807, 2.05) is 20.8 Å². The maximum atomic E-state index is 13.1. The van der Waals surface area contributed by atoms with Crippen molar-refractivity contribution in [2.45, 2.75) is 39.5 Å². The Labute approximate surface area is 265 Å². The van der Waals surface area contributed by atoms with Gasteiger partial charge in [0.2, 0.25) is 0 Å². The Morgan fingerprint density at radius 1 is 1.00 bits per heavy atom. The molecule has 44 heavy (non-hydrogen) atoms. The molecule has 2 aromatic heterocycles. The molecular weight excluding hydrogens is 605 g/mol. The van der Waals surface area contributed by atoms with Crippen LogP contribution in [0.2, 0.25) is 10.0 Å². The van der Waals surface area contributed by atoms with Crippen LogP contribution in [0.3, 0.4) is 0 Å². The van der Waals surface area contributed by atoms with Crippen LogP contribution in [0.15, 0.2) is 60.8 Å². The minimum Gasteiger partial charge on any atom is -0.508 e. The van der Waals surface area contributed by atoms with Crippen LogP contribution in [0.4, 0.5) is 26.9 Å². The van der Waals surface area contributed by atoms with Crippen molar-refractivity contribution in [2.24, 2.45) is 5.92 Å². The Morgan fingerprint density at radius 2 is 1.75 bits per heavy atom. The molecular formula is C31H33Cl2N7O4. The minimum absolute atomic E-state index is 0.0764. The van der Waals surface area contributed by atoms with Crippen molar-refractivity contribution in [3.8, 4) is 22.9 Å². The third kappa shape index (κ3) is 7.17. The van der Waals surface area contributed by atoms with Crippen LogP contribution in [-0.2, 0) is 5.41 Å². The van der Waals surface area contributed by atoms with Crippen LogP contribution in [-0.4, -0.2) is 49.9 Å². The Morgan fingerprint density at radius 3 is 2.43 bits per heavy atom. The summed E-state index contributed by atoms with van der Waals surface area (Å²) in [6, 6.07) is 13.8. The van der Waals surface area contributed by atoms with Crippen molar-refractivity contribution in [3.63, 3.8) is 0 Å². The zero-order valence-electron chi connectivity index (χ0n) is 24.7. The molecule has 3 heterocycles. The molecule has 1 aliphatic rings. The molecule has 1 atom stereocenters. The summed E-state index contributed by atoms with van der Waals surface area (Å²) < 4.78 is 7.52. The smallest absolute Gasteiger partial charge is 0.324 e. The second kappa shape index (κ2) is 12.6. The number of rotatable bonds is 6. The van der Waals surface area contributed by atoms with Gasteiger partial charge in [-0.3, -0.25) is 10.6 Å². The molecule has 2 aromatic carbocycles. The number of carbonyl (C=O) groups excluding carboxylic acids is 2. The number of aromatic nitrogens is 3. The Bertz CT molecular complexity index is 1690. The molecule has 4 amide bonds. The van der Waals surface area contributed by atoms with Gasteiger partial charge in [-0.05, 0) is 54.8 Å². The summed E-state index contributed by atoms with van der Waals surface area (Å²) in [4.78, 5) is 31.6. The van der Waals surface area contributed by atoms with Crippen molar-refractivity contribution in [1.29, 1.82) is 0 Å². The molecule has 1 aliphatic heterocycles. The topological polar surface area (TPSA) is 134 Å². The number of nitrogens with zero attached hydrogens (tertiary/aromatic N) is 4. The summed E-state index contributed by atoms with van der Waals surface area (Å²) in [6.07, 6.45) is 2.49. The molecule has 0 saturated carbocycles. The number of hydrogen-bond acceptors (Lipinski definition) is 6. The fraction of sp³-hybridized carbons (Fsp3) is 0.290. The number of pyridine rings is 1. The number of ether oxygens (including phenoxy) is 1. The number of phenols is 1. The number of aromatic hydroxyl groups is 1. The highest BCUT2D eigenvalue weighted by Gasteiger charge is 2.24. The summed E-state index contributed by atoms with van der Waals surface area (Å²) in [5.74, 6) is 1.98. The van der Waals surface area contributed by atoms with Gasteiger partial charge in [-0.2, -0.15) is 5.10 Å². The van der Waals surface area contributed by atoms with Gasteiger partial charge in [0.05, 0.1) is 22.1 Å². The molecule has 0 aliphatic carbocycles. The highest BCUT2D eigenvalue weighted by Crippen LogP contribution is 2.40. The predicted molar refractivity (Wildman–Crippen MR) is 172 cm³/mol. The normalized spacial score (nSPS) is 14.8. The third-order valence-electron chi connectivity index (χ3n) is 7.01. The van der Waals surface area contributed by atoms with E-state index in [9.17, 15) is 14.7 Å². The third-order valence-corrected chi connectivity index (χ3v) is 7.88. The molecule has 4 N–H and O–H groups in total. The lowest BCUT2D eigenvalue weighted by Crippen LogP contribution is -2.33. The first-order valence-corrected chi connectivity index (χ1v) is 14.8. The summed E-state index contributed by atoms with van der Waals surface area (Å²) in [5.41, 5.74) is 1.39. The van der Waals surface area contributed by atoms with Crippen molar-refractivity contribution in [2.75, 3.05) is 29.0 Å². The maximum absolute atomic E-state index is 13.1. The van der Waals surface area contributed by atoms with Crippen molar-refractivity contribution in [1.82, 2.24) is 19.7 Å². The molecule has 4 aromatic rings. The van der Waals surface area contributed by atoms with Crippen LogP contribution in [0.5, 0.6) is 17.2 Å². The zero-order chi connectivity index (χ0) is 31.6. The van der Waals surface area contributed by atoms with E-state index >= 15 is 0 Å². The summed E-state index contributed by atoms with van der Waals surface area (Å²) >= 11 is 13.1. The van der Waals surface area contributed by atoms with Gasteiger partial charge in [-0.1, -0.05) is 50.9 Å². The molecule has 230 valence electrons. The molecule has 0 bridgehead atoms. The van der Waals surface area contributed by atoms with Gasteiger partial charge in [0.15, 0.2) is 0 Å². The second-order valence-electron chi connectivity index (χ2n) is 11.7. The molecule has 5 rings (SSSR count). The highest BCUT2D eigenvalue weighted by atomic mass is 35.5. The summed E-state index contributed by atoms with van der Waals surface area (Å²) in [7, 11) is 0. The predicted octanol–water partition coefficient (Wildman–Crippen LogP) is 7.89. The average molecular weight is 639 g/mol. The molecule has 0 unspecified atom stereocenters. The number of benzene rings is 2. The van der Waals surface area contributed by atoms with Crippen LogP contribution in [0, 0.1) is 5.92 Å². The van der Waals surface area contributed by atoms with Gasteiger partial charge in [0, 0.05) is 36.8 Å². The van der Waals surface area contributed by atoms with Gasteiger partial charge in [0.25, 0.3) is 0 Å². The monoisotopic (exact) mass is 637 g/mol. The van der Waals surface area contributed by atoms with E-state index in [-0.39, 0.29) is 38.7 Å². The van der Waals surface area contributed by atoms with Crippen LogP contribution >= 0.6 is 23.2 Å². The van der Waals surface area contributed by atoms with E-state index in [1.54, 1.807) is 64.2 Å². The minimum atomic E-state index is -0.570. The molecule has 0 radical (unpaired) electrons. The van der Waals surface area contributed by atoms with Crippen molar-refractivity contribution in [3.05, 3.63) is 76.5 Å². The van der Waals surface area contributed by atoms with E-state index in [4.69, 9.17) is 27.9 Å². The van der Waals surface area contributed by atoms with E-state index < -0.39 is 6.03 Å². The quantitative estimate of drug-likeness (QED) is 0.170. The summed E-state index contributed by atoms with van der Waals surface area (Å²) in [6.45, 7) is 9.57. The number of amides is 4. The van der Waals surface area contributed by atoms with E-state index in [0.717, 1.165) is 12.1 Å². The number of nitrogens with one attached hydrogen (secondary N) is 3. The Balaban J connectivity index is 1.28. The number of urea groups is 2. The number of halogens is 2. The largest absolute Gasteiger partial charge is 0.508 e.